The average Bonchev–Trinajstić information content (AvgIpc) is 1.98. The van der Waals surface area contributed by atoms with Crippen LogP contribution in [0.15, 0.2) is 10.3 Å². The SMILES string of the molecule is CN1[CH]N(C)C(Cl)=C1Cl. The summed E-state index contributed by atoms with van der Waals surface area (Å²) in [5.74, 6) is 0. The van der Waals surface area contributed by atoms with Crippen LogP contribution in [0.25, 0.3) is 0 Å². The van der Waals surface area contributed by atoms with Gasteiger partial charge in [0.1, 0.15) is 17.0 Å². The number of rotatable bonds is 0. The molecule has 0 N–H and O–H groups in total. The molecule has 1 aliphatic heterocycles. The van der Waals surface area contributed by atoms with E-state index in [-0.39, 0.29) is 0 Å². The Labute approximate surface area is 64.6 Å². The Kier molecular flexibility index (Phi) is 1.78. The van der Waals surface area contributed by atoms with Gasteiger partial charge in [-0.05, 0) is 0 Å². The van der Waals surface area contributed by atoms with E-state index in [1.54, 1.807) is 9.80 Å². The first-order chi connectivity index (χ1) is 4.13. The van der Waals surface area contributed by atoms with E-state index in [1.807, 2.05) is 20.8 Å². The van der Waals surface area contributed by atoms with Gasteiger partial charge in [0.15, 0.2) is 0 Å². The minimum atomic E-state index is 0.569. The second kappa shape index (κ2) is 2.27. The molecule has 0 aliphatic carbocycles. The maximum Gasteiger partial charge on any atom is 0.143 e. The van der Waals surface area contributed by atoms with Gasteiger partial charge in [-0.15, -0.1) is 0 Å². The Balaban J connectivity index is 2.79. The monoisotopic (exact) mass is 165 g/mol. The Morgan fingerprint density at radius 3 is 1.56 bits per heavy atom. The van der Waals surface area contributed by atoms with Gasteiger partial charge in [-0.3, -0.25) is 0 Å². The number of halogens is 2. The van der Waals surface area contributed by atoms with Crippen LogP contribution < -0.4 is 0 Å². The number of hydrogen-bond donors (Lipinski definition) is 0. The second-order valence-corrected chi connectivity index (χ2v) is 2.63. The fourth-order valence-electron chi connectivity index (χ4n) is 0.652. The molecule has 9 heavy (non-hydrogen) atoms. The molecule has 2 nitrogen and oxygen atoms in total. The normalized spacial score (nSPS) is 20.0. The minimum Gasteiger partial charge on any atom is -0.339 e. The lowest BCUT2D eigenvalue weighted by Crippen LogP contribution is -2.12. The fourth-order valence-corrected chi connectivity index (χ4v) is 1.01. The van der Waals surface area contributed by atoms with Crippen LogP contribution in [-0.2, 0) is 0 Å². The summed E-state index contributed by atoms with van der Waals surface area (Å²) in [7, 11) is 3.68. The van der Waals surface area contributed by atoms with Crippen molar-refractivity contribution in [1.29, 1.82) is 0 Å². The largest absolute Gasteiger partial charge is 0.339 e. The van der Waals surface area contributed by atoms with Gasteiger partial charge in [0.25, 0.3) is 0 Å². The van der Waals surface area contributed by atoms with Gasteiger partial charge in [-0.2, -0.15) is 0 Å². The van der Waals surface area contributed by atoms with Gasteiger partial charge < -0.3 is 9.80 Å². The molecule has 0 aromatic carbocycles. The number of hydrogen-bond acceptors (Lipinski definition) is 2. The Hall–Kier alpha value is -0.0800. The van der Waals surface area contributed by atoms with Crippen molar-refractivity contribution in [1.82, 2.24) is 9.80 Å². The van der Waals surface area contributed by atoms with Crippen LogP contribution >= 0.6 is 23.2 Å². The zero-order chi connectivity index (χ0) is 7.02. The molecule has 0 saturated carbocycles. The smallest absolute Gasteiger partial charge is 0.143 e. The van der Waals surface area contributed by atoms with Crippen LogP contribution in [0.5, 0.6) is 0 Å². The van der Waals surface area contributed by atoms with E-state index < -0.39 is 0 Å². The third-order valence-electron chi connectivity index (χ3n) is 1.14. The van der Waals surface area contributed by atoms with Gasteiger partial charge in [0, 0.05) is 14.1 Å². The van der Waals surface area contributed by atoms with Crippen molar-refractivity contribution < 1.29 is 0 Å². The van der Waals surface area contributed by atoms with Crippen molar-refractivity contribution in [2.24, 2.45) is 0 Å². The van der Waals surface area contributed by atoms with Crippen LogP contribution in [0.3, 0.4) is 0 Å². The molecule has 0 atom stereocenters. The third-order valence-corrected chi connectivity index (χ3v) is 2.12. The predicted molar refractivity (Wildman–Crippen MR) is 38.6 cm³/mol. The molecule has 0 aromatic rings. The highest BCUT2D eigenvalue weighted by Crippen LogP contribution is 2.28. The summed E-state index contributed by atoms with van der Waals surface area (Å²) in [6, 6.07) is 0. The fraction of sp³-hybridized carbons (Fsp3) is 0.400. The first kappa shape index (κ1) is 7.03. The first-order valence-corrected chi connectivity index (χ1v) is 3.24. The van der Waals surface area contributed by atoms with E-state index in [0.29, 0.717) is 10.3 Å². The van der Waals surface area contributed by atoms with E-state index in [4.69, 9.17) is 23.2 Å². The molecular formula is C5H7Cl2N2. The van der Waals surface area contributed by atoms with Crippen molar-refractivity contribution in [3.63, 3.8) is 0 Å². The zero-order valence-electron chi connectivity index (χ0n) is 5.23. The maximum absolute atomic E-state index is 5.71. The van der Waals surface area contributed by atoms with E-state index >= 15 is 0 Å². The van der Waals surface area contributed by atoms with Crippen molar-refractivity contribution in [3.05, 3.63) is 17.0 Å². The molecule has 0 spiro atoms. The van der Waals surface area contributed by atoms with Crippen LogP contribution in [0.1, 0.15) is 0 Å². The standard InChI is InChI=1S/C5H7Cl2N2/c1-8-3-9(2)5(7)4(8)6/h3H,1-2H3. The highest BCUT2D eigenvalue weighted by atomic mass is 35.5. The van der Waals surface area contributed by atoms with Gasteiger partial charge in [0.05, 0.1) is 0 Å². The Morgan fingerprint density at radius 2 is 1.44 bits per heavy atom. The minimum absolute atomic E-state index is 0.569. The molecule has 1 heterocycles. The molecule has 0 aromatic heterocycles. The van der Waals surface area contributed by atoms with E-state index in [1.165, 1.54) is 0 Å². The lowest BCUT2D eigenvalue weighted by Gasteiger charge is -2.11. The average molecular weight is 166 g/mol. The summed E-state index contributed by atoms with van der Waals surface area (Å²) in [6.07, 6.45) is 0. The Bertz CT molecular complexity index is 139. The topological polar surface area (TPSA) is 6.48 Å². The molecule has 1 radical (unpaired) electrons. The van der Waals surface area contributed by atoms with Gasteiger partial charge in [-0.1, -0.05) is 23.2 Å². The van der Waals surface area contributed by atoms with Crippen LogP contribution in [-0.4, -0.2) is 23.9 Å². The van der Waals surface area contributed by atoms with E-state index in [9.17, 15) is 0 Å². The summed E-state index contributed by atoms with van der Waals surface area (Å²) in [6.45, 7) is 1.81. The second-order valence-electron chi connectivity index (χ2n) is 1.92. The zero-order valence-corrected chi connectivity index (χ0v) is 6.74. The van der Waals surface area contributed by atoms with E-state index in [0.717, 1.165) is 0 Å². The lowest BCUT2D eigenvalue weighted by molar-refractivity contribution is 0.424. The van der Waals surface area contributed by atoms with Crippen molar-refractivity contribution in [2.45, 2.75) is 0 Å². The molecule has 51 valence electrons. The lowest BCUT2D eigenvalue weighted by atomic mass is 10.8. The highest BCUT2D eigenvalue weighted by Gasteiger charge is 2.20. The quantitative estimate of drug-likeness (QED) is 0.504. The van der Waals surface area contributed by atoms with E-state index in [2.05, 4.69) is 0 Å². The van der Waals surface area contributed by atoms with Gasteiger partial charge in [0.2, 0.25) is 0 Å². The molecular weight excluding hydrogens is 159 g/mol. The van der Waals surface area contributed by atoms with Gasteiger partial charge in [-0.25, -0.2) is 0 Å². The molecule has 0 bridgehead atoms. The molecule has 1 aliphatic rings. The van der Waals surface area contributed by atoms with Crippen LogP contribution in [0, 0.1) is 6.67 Å². The maximum atomic E-state index is 5.71. The Morgan fingerprint density at radius 1 is 1.11 bits per heavy atom. The molecule has 0 amide bonds. The summed E-state index contributed by atoms with van der Waals surface area (Å²) >= 11 is 11.4. The highest BCUT2D eigenvalue weighted by molar-refractivity contribution is 6.39. The molecule has 1 rings (SSSR count). The molecule has 0 fully saturated rings. The summed E-state index contributed by atoms with van der Waals surface area (Å²) < 4.78 is 0. The predicted octanol–water partition coefficient (Wildman–Crippen LogP) is 1.59. The van der Waals surface area contributed by atoms with Crippen LogP contribution in [0.2, 0.25) is 0 Å². The van der Waals surface area contributed by atoms with Crippen molar-refractivity contribution in [3.8, 4) is 0 Å². The molecule has 4 heteroatoms. The summed E-state index contributed by atoms with van der Waals surface area (Å²) in [5, 5.41) is 1.14. The molecule has 0 unspecified atom stereocenters. The summed E-state index contributed by atoms with van der Waals surface area (Å²) in [4.78, 5) is 3.51. The van der Waals surface area contributed by atoms with Gasteiger partial charge >= 0.3 is 0 Å². The number of nitrogens with zero attached hydrogens (tertiary/aromatic N) is 2. The van der Waals surface area contributed by atoms with Crippen LogP contribution in [0.4, 0.5) is 0 Å². The van der Waals surface area contributed by atoms with Crippen molar-refractivity contribution >= 4 is 23.2 Å². The molecule has 0 saturated heterocycles. The summed E-state index contributed by atoms with van der Waals surface area (Å²) in [5.41, 5.74) is 0. The van der Waals surface area contributed by atoms with Crippen molar-refractivity contribution in [2.75, 3.05) is 14.1 Å². The third kappa shape index (κ3) is 1.10. The first-order valence-electron chi connectivity index (χ1n) is 2.49.